The average Bonchev–Trinajstić information content (AvgIpc) is 2.70. The minimum Gasteiger partial charge on any atom is -0.340 e. The van der Waals surface area contributed by atoms with Crippen molar-refractivity contribution in [3.63, 3.8) is 0 Å². The molecule has 4 heteroatoms. The van der Waals surface area contributed by atoms with Crippen LogP contribution in [0.5, 0.6) is 0 Å². The van der Waals surface area contributed by atoms with E-state index in [0.717, 1.165) is 30.3 Å². The van der Waals surface area contributed by atoms with Gasteiger partial charge in [-0.3, -0.25) is 0 Å². The van der Waals surface area contributed by atoms with Crippen molar-refractivity contribution in [1.82, 2.24) is 4.90 Å². The van der Waals surface area contributed by atoms with Gasteiger partial charge in [0.1, 0.15) is 0 Å². The summed E-state index contributed by atoms with van der Waals surface area (Å²) in [6.45, 7) is 5.76. The summed E-state index contributed by atoms with van der Waals surface area (Å²) in [6, 6.07) is 21.2. The van der Waals surface area contributed by atoms with Crippen molar-refractivity contribution in [1.29, 1.82) is 0 Å². The topological polar surface area (TPSA) is 29.4 Å². The normalized spacial score (nSPS) is 10.4. The molecule has 27 heavy (non-hydrogen) atoms. The molecule has 0 aliphatic rings. The number of pyridine rings is 1. The van der Waals surface area contributed by atoms with E-state index in [9.17, 15) is 0 Å². The number of H-pyrrole nitrogens is 1. The van der Waals surface area contributed by atoms with Gasteiger partial charge in [-0.25, -0.2) is 4.98 Å². The number of anilines is 1. The molecular formula is C23H26N3S+. The molecule has 0 aliphatic carbocycles. The summed E-state index contributed by atoms with van der Waals surface area (Å²) in [5, 5.41) is 4.12. The summed E-state index contributed by atoms with van der Waals surface area (Å²) in [4.78, 5) is 5.34. The second-order valence-electron chi connectivity index (χ2n) is 6.73. The first-order chi connectivity index (χ1) is 13.1. The number of thiocarbonyl (C=S) groups is 1. The van der Waals surface area contributed by atoms with Crippen LogP contribution in [0.2, 0.25) is 0 Å². The summed E-state index contributed by atoms with van der Waals surface area (Å²) in [5.74, 6) is 0. The lowest BCUT2D eigenvalue weighted by atomic mass is 10.1. The number of aromatic nitrogens is 1. The SMILES string of the molecule is CCc1ccc(NC(=S)N(Cc2ccc(C)cc2)Cc2ccc[nH+]c2)cc1. The van der Waals surface area contributed by atoms with Crippen LogP contribution in [-0.2, 0) is 19.5 Å². The molecule has 0 aliphatic heterocycles. The van der Waals surface area contributed by atoms with Gasteiger partial charge in [-0.05, 0) is 54.9 Å². The Balaban J connectivity index is 1.76. The summed E-state index contributed by atoms with van der Waals surface area (Å²) in [5.41, 5.74) is 6.04. The minimum absolute atomic E-state index is 0.726. The van der Waals surface area contributed by atoms with Gasteiger partial charge >= 0.3 is 0 Å². The molecule has 0 spiro atoms. The highest BCUT2D eigenvalue weighted by Gasteiger charge is 2.13. The van der Waals surface area contributed by atoms with Crippen LogP contribution < -0.4 is 10.3 Å². The maximum atomic E-state index is 5.75. The third kappa shape index (κ3) is 5.63. The van der Waals surface area contributed by atoms with Gasteiger partial charge in [0.15, 0.2) is 17.5 Å². The number of aryl methyl sites for hydroxylation is 2. The molecule has 0 atom stereocenters. The van der Waals surface area contributed by atoms with Gasteiger partial charge in [-0.1, -0.05) is 48.9 Å². The monoisotopic (exact) mass is 376 g/mol. The predicted molar refractivity (Wildman–Crippen MR) is 115 cm³/mol. The lowest BCUT2D eigenvalue weighted by Gasteiger charge is -2.26. The summed E-state index contributed by atoms with van der Waals surface area (Å²) < 4.78 is 0. The van der Waals surface area contributed by atoms with Crippen LogP contribution in [0.4, 0.5) is 5.69 Å². The third-order valence-corrected chi connectivity index (χ3v) is 4.90. The van der Waals surface area contributed by atoms with Crippen molar-refractivity contribution in [3.05, 3.63) is 95.3 Å². The number of hydrogen-bond donors (Lipinski definition) is 1. The molecule has 3 nitrogen and oxygen atoms in total. The van der Waals surface area contributed by atoms with Gasteiger partial charge in [0.2, 0.25) is 0 Å². The van der Waals surface area contributed by atoms with E-state index >= 15 is 0 Å². The van der Waals surface area contributed by atoms with E-state index in [-0.39, 0.29) is 0 Å². The van der Waals surface area contributed by atoms with E-state index in [1.807, 2.05) is 18.5 Å². The molecule has 138 valence electrons. The number of aromatic amines is 1. The molecule has 0 radical (unpaired) electrons. The molecular weight excluding hydrogens is 350 g/mol. The second-order valence-corrected chi connectivity index (χ2v) is 7.12. The maximum Gasteiger partial charge on any atom is 0.174 e. The molecule has 1 aromatic heterocycles. The Kier molecular flexibility index (Phi) is 6.55. The largest absolute Gasteiger partial charge is 0.340 e. The molecule has 0 saturated carbocycles. The minimum atomic E-state index is 0.726. The summed E-state index contributed by atoms with van der Waals surface area (Å²) >= 11 is 5.75. The highest BCUT2D eigenvalue weighted by Crippen LogP contribution is 2.15. The Hall–Kier alpha value is -2.72. The molecule has 0 unspecified atom stereocenters. The zero-order valence-electron chi connectivity index (χ0n) is 15.9. The summed E-state index contributed by atoms with van der Waals surface area (Å²) in [6.07, 6.45) is 4.97. The maximum absolute atomic E-state index is 5.75. The fourth-order valence-corrected chi connectivity index (χ4v) is 3.14. The molecule has 0 fully saturated rings. The first-order valence-electron chi connectivity index (χ1n) is 9.29. The average molecular weight is 377 g/mol. The zero-order chi connectivity index (χ0) is 19.1. The van der Waals surface area contributed by atoms with Crippen LogP contribution in [0.25, 0.3) is 0 Å². The molecule has 3 rings (SSSR count). The number of nitrogens with zero attached hydrogens (tertiary/aromatic N) is 1. The van der Waals surface area contributed by atoms with Crippen LogP contribution in [0.3, 0.4) is 0 Å². The zero-order valence-corrected chi connectivity index (χ0v) is 16.7. The Morgan fingerprint density at radius 2 is 1.59 bits per heavy atom. The third-order valence-electron chi connectivity index (χ3n) is 4.54. The van der Waals surface area contributed by atoms with Crippen LogP contribution in [-0.4, -0.2) is 10.0 Å². The van der Waals surface area contributed by atoms with Gasteiger partial charge in [-0.15, -0.1) is 0 Å². The van der Waals surface area contributed by atoms with E-state index in [1.165, 1.54) is 22.3 Å². The number of rotatable bonds is 6. The summed E-state index contributed by atoms with van der Waals surface area (Å²) in [7, 11) is 0. The van der Waals surface area contributed by atoms with E-state index in [4.69, 9.17) is 12.2 Å². The van der Waals surface area contributed by atoms with Crippen molar-refractivity contribution in [2.75, 3.05) is 5.32 Å². The van der Waals surface area contributed by atoms with Crippen LogP contribution >= 0.6 is 12.2 Å². The predicted octanol–water partition coefficient (Wildman–Crippen LogP) is 4.77. The quantitative estimate of drug-likeness (QED) is 0.628. The number of hydrogen-bond acceptors (Lipinski definition) is 1. The molecule has 2 N–H and O–H groups in total. The second kappa shape index (κ2) is 9.28. The van der Waals surface area contributed by atoms with E-state index in [1.54, 1.807) is 0 Å². The molecule has 0 amide bonds. The van der Waals surface area contributed by atoms with Crippen LogP contribution in [0.15, 0.2) is 73.1 Å². The Bertz CT molecular complexity index is 858. The first kappa shape index (κ1) is 19.1. The Morgan fingerprint density at radius 3 is 2.22 bits per heavy atom. The standard InChI is InChI=1S/C23H25N3S/c1-3-19-10-12-22(13-11-19)25-23(27)26(17-21-5-4-14-24-15-21)16-20-8-6-18(2)7-9-20/h4-15H,3,16-17H2,1-2H3,(H,25,27)/p+1. The molecule has 3 aromatic rings. The van der Waals surface area contributed by atoms with E-state index < -0.39 is 0 Å². The van der Waals surface area contributed by atoms with Crippen molar-refractivity contribution < 1.29 is 4.98 Å². The van der Waals surface area contributed by atoms with Crippen LogP contribution in [0, 0.1) is 6.92 Å². The number of nitrogens with one attached hydrogen (secondary N) is 2. The molecule has 0 saturated heterocycles. The Labute approximate surface area is 167 Å². The van der Waals surface area contributed by atoms with Crippen LogP contribution in [0.1, 0.15) is 29.2 Å². The van der Waals surface area contributed by atoms with Gasteiger partial charge < -0.3 is 10.2 Å². The molecule has 1 heterocycles. The highest BCUT2D eigenvalue weighted by atomic mass is 32.1. The van der Waals surface area contributed by atoms with Crippen molar-refractivity contribution in [2.45, 2.75) is 33.4 Å². The fourth-order valence-electron chi connectivity index (χ4n) is 2.89. The van der Waals surface area contributed by atoms with Crippen molar-refractivity contribution in [2.24, 2.45) is 0 Å². The smallest absolute Gasteiger partial charge is 0.174 e. The van der Waals surface area contributed by atoms with Gasteiger partial charge in [0, 0.05) is 23.9 Å². The lowest BCUT2D eigenvalue weighted by Crippen LogP contribution is -2.34. The van der Waals surface area contributed by atoms with Gasteiger partial charge in [0.05, 0.1) is 6.54 Å². The highest BCUT2D eigenvalue weighted by molar-refractivity contribution is 7.80. The van der Waals surface area contributed by atoms with Gasteiger partial charge in [-0.2, -0.15) is 0 Å². The van der Waals surface area contributed by atoms with E-state index in [0.29, 0.717) is 0 Å². The molecule has 2 aromatic carbocycles. The first-order valence-corrected chi connectivity index (χ1v) is 9.70. The van der Waals surface area contributed by atoms with Crippen molar-refractivity contribution >= 4 is 23.0 Å². The fraction of sp³-hybridized carbons (Fsp3) is 0.217. The molecule has 0 bridgehead atoms. The van der Waals surface area contributed by atoms with E-state index in [2.05, 4.69) is 83.6 Å². The van der Waals surface area contributed by atoms with Gasteiger partial charge in [0.25, 0.3) is 0 Å². The number of benzene rings is 2. The lowest BCUT2D eigenvalue weighted by molar-refractivity contribution is -0.378. The Morgan fingerprint density at radius 1 is 0.926 bits per heavy atom. The van der Waals surface area contributed by atoms with Crippen molar-refractivity contribution in [3.8, 4) is 0 Å².